The first-order valence-corrected chi connectivity index (χ1v) is 10.0. The van der Waals surface area contributed by atoms with E-state index in [0.29, 0.717) is 5.69 Å². The number of sulfonamides is 1. The van der Waals surface area contributed by atoms with E-state index in [1.807, 2.05) is 0 Å². The van der Waals surface area contributed by atoms with E-state index in [4.69, 9.17) is 5.11 Å². The van der Waals surface area contributed by atoms with Gasteiger partial charge in [-0.2, -0.15) is 0 Å². The average Bonchev–Trinajstić information content (AvgIpc) is 2.99. The van der Waals surface area contributed by atoms with Gasteiger partial charge in [0.05, 0.1) is 16.4 Å². The summed E-state index contributed by atoms with van der Waals surface area (Å²) < 4.78 is 26.6. The number of benzene rings is 1. The van der Waals surface area contributed by atoms with Crippen molar-refractivity contribution in [1.82, 2.24) is 4.98 Å². The molecule has 2 rings (SSSR count). The minimum absolute atomic E-state index is 0.00203. The first-order valence-electron chi connectivity index (χ1n) is 6.48. The Morgan fingerprint density at radius 1 is 1.21 bits per heavy atom. The van der Waals surface area contributed by atoms with Gasteiger partial charge in [0.1, 0.15) is 0 Å². The summed E-state index contributed by atoms with van der Waals surface area (Å²) in [5, 5.41) is 13.0. The van der Waals surface area contributed by atoms with E-state index in [2.05, 4.69) is 15.0 Å². The third kappa shape index (κ3) is 5.51. The molecular formula is C13H13N3O5S3. The van der Waals surface area contributed by atoms with Gasteiger partial charge < -0.3 is 10.4 Å². The van der Waals surface area contributed by atoms with Crippen LogP contribution in [-0.2, 0) is 19.6 Å². The summed E-state index contributed by atoms with van der Waals surface area (Å²) in [4.78, 5) is 25.9. The Bertz CT molecular complexity index is 804. The molecule has 0 fully saturated rings. The van der Waals surface area contributed by atoms with Crippen LogP contribution in [0.2, 0.25) is 0 Å². The van der Waals surface area contributed by atoms with Crippen LogP contribution in [0.3, 0.4) is 0 Å². The second-order valence-electron chi connectivity index (χ2n) is 4.40. The SMILES string of the molecule is O=C(O)CSCC(=O)Nc1ccc(S(=O)(=O)Nc2nccs2)cc1. The molecule has 1 amide bonds. The third-order valence-electron chi connectivity index (χ3n) is 2.56. The Morgan fingerprint density at radius 2 is 1.92 bits per heavy atom. The van der Waals surface area contributed by atoms with E-state index in [1.54, 1.807) is 5.38 Å². The van der Waals surface area contributed by atoms with Gasteiger partial charge in [0.25, 0.3) is 10.0 Å². The van der Waals surface area contributed by atoms with Crippen molar-refractivity contribution < 1.29 is 23.1 Å². The lowest BCUT2D eigenvalue weighted by Crippen LogP contribution is -2.16. The topological polar surface area (TPSA) is 125 Å². The van der Waals surface area contributed by atoms with Crippen molar-refractivity contribution in [1.29, 1.82) is 0 Å². The lowest BCUT2D eigenvalue weighted by Gasteiger charge is -2.07. The number of thioether (sulfide) groups is 1. The van der Waals surface area contributed by atoms with E-state index in [-0.39, 0.29) is 27.4 Å². The average molecular weight is 387 g/mol. The number of hydrogen-bond acceptors (Lipinski definition) is 7. The maximum Gasteiger partial charge on any atom is 0.313 e. The predicted molar refractivity (Wildman–Crippen MR) is 93.0 cm³/mol. The highest BCUT2D eigenvalue weighted by Gasteiger charge is 2.15. The molecule has 1 heterocycles. The molecule has 0 unspecified atom stereocenters. The van der Waals surface area contributed by atoms with Gasteiger partial charge in [-0.05, 0) is 24.3 Å². The van der Waals surface area contributed by atoms with Gasteiger partial charge in [0.2, 0.25) is 5.91 Å². The first kappa shape index (κ1) is 18.2. The molecule has 128 valence electrons. The number of carbonyl (C=O) groups is 2. The minimum Gasteiger partial charge on any atom is -0.481 e. The van der Waals surface area contributed by atoms with Crippen LogP contribution in [0.5, 0.6) is 0 Å². The zero-order chi connectivity index (χ0) is 17.6. The molecule has 0 atom stereocenters. The number of rotatable bonds is 8. The van der Waals surface area contributed by atoms with Crippen LogP contribution in [0, 0.1) is 0 Å². The van der Waals surface area contributed by atoms with Crippen LogP contribution in [0.15, 0.2) is 40.7 Å². The summed E-state index contributed by atoms with van der Waals surface area (Å²) in [5.74, 6) is -1.52. The summed E-state index contributed by atoms with van der Waals surface area (Å²) in [6, 6.07) is 5.62. The molecule has 3 N–H and O–H groups in total. The maximum atomic E-state index is 12.1. The number of nitrogens with zero attached hydrogens (tertiary/aromatic N) is 1. The highest BCUT2D eigenvalue weighted by atomic mass is 32.2. The van der Waals surface area contributed by atoms with E-state index in [9.17, 15) is 18.0 Å². The normalized spacial score (nSPS) is 11.0. The molecule has 0 saturated carbocycles. The predicted octanol–water partition coefficient (Wildman–Crippen LogP) is 1.70. The molecule has 1 aromatic carbocycles. The van der Waals surface area contributed by atoms with Gasteiger partial charge in [-0.25, -0.2) is 13.4 Å². The molecular weight excluding hydrogens is 374 g/mol. The van der Waals surface area contributed by atoms with Gasteiger partial charge >= 0.3 is 5.97 Å². The van der Waals surface area contributed by atoms with Crippen molar-refractivity contribution in [2.24, 2.45) is 0 Å². The molecule has 8 nitrogen and oxygen atoms in total. The molecule has 0 aliphatic rings. The summed E-state index contributed by atoms with van der Waals surface area (Å²) in [7, 11) is -3.74. The van der Waals surface area contributed by atoms with Crippen molar-refractivity contribution in [3.63, 3.8) is 0 Å². The molecule has 0 aliphatic carbocycles. The number of carbonyl (C=O) groups excluding carboxylic acids is 1. The number of hydrogen-bond donors (Lipinski definition) is 3. The number of carboxylic acids is 1. The highest BCUT2D eigenvalue weighted by molar-refractivity contribution is 8.00. The van der Waals surface area contributed by atoms with Crippen LogP contribution in [-0.4, -0.2) is 41.9 Å². The second kappa shape index (κ2) is 8.13. The number of aliphatic carboxylic acids is 1. The van der Waals surface area contributed by atoms with E-state index < -0.39 is 16.0 Å². The van der Waals surface area contributed by atoms with Crippen LogP contribution in [0.4, 0.5) is 10.8 Å². The largest absolute Gasteiger partial charge is 0.481 e. The Morgan fingerprint density at radius 3 is 2.50 bits per heavy atom. The fourth-order valence-electron chi connectivity index (χ4n) is 1.59. The van der Waals surface area contributed by atoms with E-state index >= 15 is 0 Å². The molecule has 2 aromatic rings. The maximum absolute atomic E-state index is 12.1. The number of carboxylic acid groups (broad SMARTS) is 1. The van der Waals surface area contributed by atoms with Gasteiger partial charge in [-0.3, -0.25) is 14.3 Å². The van der Waals surface area contributed by atoms with Crippen LogP contribution >= 0.6 is 23.1 Å². The van der Waals surface area contributed by atoms with Crippen molar-refractivity contribution in [2.75, 3.05) is 21.5 Å². The second-order valence-corrected chi connectivity index (χ2v) is 7.96. The number of amides is 1. The molecule has 0 aliphatic heterocycles. The Hall–Kier alpha value is -2.11. The molecule has 0 saturated heterocycles. The Kier molecular flexibility index (Phi) is 6.17. The first-order chi connectivity index (χ1) is 11.4. The summed E-state index contributed by atoms with van der Waals surface area (Å²) in [6.07, 6.45) is 1.49. The fourth-order valence-corrected chi connectivity index (χ4v) is 3.92. The van der Waals surface area contributed by atoms with Crippen LogP contribution < -0.4 is 10.0 Å². The van der Waals surface area contributed by atoms with Crippen molar-refractivity contribution in [3.05, 3.63) is 35.8 Å². The zero-order valence-corrected chi connectivity index (χ0v) is 14.6. The smallest absolute Gasteiger partial charge is 0.313 e. The summed E-state index contributed by atoms with van der Waals surface area (Å²) in [6.45, 7) is 0. The lowest BCUT2D eigenvalue weighted by atomic mass is 10.3. The molecule has 0 radical (unpaired) electrons. The Balaban J connectivity index is 1.95. The monoisotopic (exact) mass is 387 g/mol. The Labute approximate surface area is 146 Å². The van der Waals surface area contributed by atoms with E-state index in [0.717, 1.165) is 23.1 Å². The lowest BCUT2D eigenvalue weighted by molar-refractivity contribution is -0.133. The number of nitrogens with one attached hydrogen (secondary N) is 2. The van der Waals surface area contributed by atoms with Gasteiger partial charge in [-0.1, -0.05) is 0 Å². The van der Waals surface area contributed by atoms with Crippen molar-refractivity contribution in [3.8, 4) is 0 Å². The summed E-state index contributed by atoms with van der Waals surface area (Å²) in [5.41, 5.74) is 0.420. The molecule has 0 bridgehead atoms. The molecule has 1 aromatic heterocycles. The zero-order valence-electron chi connectivity index (χ0n) is 12.1. The fraction of sp³-hybridized carbons (Fsp3) is 0.154. The van der Waals surface area contributed by atoms with Crippen molar-refractivity contribution >= 4 is 55.8 Å². The number of thiazole rings is 1. The van der Waals surface area contributed by atoms with Crippen molar-refractivity contribution in [2.45, 2.75) is 4.90 Å². The quantitative estimate of drug-likeness (QED) is 0.629. The van der Waals surface area contributed by atoms with Gasteiger partial charge in [-0.15, -0.1) is 23.1 Å². The standard InChI is InChI=1S/C13H13N3O5S3/c17-11(7-22-8-12(18)19)15-9-1-3-10(4-2-9)24(20,21)16-13-14-5-6-23-13/h1-6H,7-8H2,(H,14,16)(H,15,17)(H,18,19). The highest BCUT2D eigenvalue weighted by Crippen LogP contribution is 2.19. The third-order valence-corrected chi connectivity index (χ3v) is 5.65. The number of aromatic nitrogens is 1. The molecule has 24 heavy (non-hydrogen) atoms. The minimum atomic E-state index is -3.74. The number of anilines is 2. The molecule has 11 heteroatoms. The summed E-state index contributed by atoms with van der Waals surface area (Å²) >= 11 is 2.14. The van der Waals surface area contributed by atoms with Gasteiger partial charge in [0, 0.05) is 17.3 Å². The van der Waals surface area contributed by atoms with Crippen LogP contribution in [0.1, 0.15) is 0 Å². The molecule has 0 spiro atoms. The van der Waals surface area contributed by atoms with Gasteiger partial charge in [0.15, 0.2) is 5.13 Å². The van der Waals surface area contributed by atoms with Crippen LogP contribution in [0.25, 0.3) is 0 Å². The van der Waals surface area contributed by atoms with E-state index in [1.165, 1.54) is 30.5 Å².